The van der Waals surface area contributed by atoms with Crippen LogP contribution in [0, 0.1) is 0 Å². The predicted octanol–water partition coefficient (Wildman–Crippen LogP) is 1.77. The van der Waals surface area contributed by atoms with Crippen LogP contribution in [0.1, 0.15) is 18.5 Å². The maximum absolute atomic E-state index is 12.4. The van der Waals surface area contributed by atoms with Gasteiger partial charge in [0.25, 0.3) is 6.43 Å². The Labute approximate surface area is 124 Å². The van der Waals surface area contributed by atoms with Gasteiger partial charge in [0.15, 0.2) is 0 Å². The average Bonchev–Trinajstić information content (AvgIpc) is 2.46. The van der Waals surface area contributed by atoms with Crippen molar-refractivity contribution in [2.24, 2.45) is 0 Å². The number of aliphatic hydroxyl groups excluding tert-OH is 1. The molecule has 0 aliphatic carbocycles. The molecule has 0 saturated carbocycles. The second-order valence-electron chi connectivity index (χ2n) is 4.94. The number of alkyl halides is 2. The van der Waals surface area contributed by atoms with Crippen LogP contribution in [0.4, 0.5) is 8.78 Å². The summed E-state index contributed by atoms with van der Waals surface area (Å²) < 4.78 is 24.9. The summed E-state index contributed by atoms with van der Waals surface area (Å²) in [6.45, 7) is 1.05. The van der Waals surface area contributed by atoms with Gasteiger partial charge < -0.3 is 10.0 Å². The lowest BCUT2D eigenvalue weighted by Gasteiger charge is -2.28. The molecule has 1 amide bonds. The summed E-state index contributed by atoms with van der Waals surface area (Å²) in [4.78, 5) is 15.0. The summed E-state index contributed by atoms with van der Waals surface area (Å²) >= 11 is 0. The van der Waals surface area contributed by atoms with Gasteiger partial charge in [-0.25, -0.2) is 8.78 Å². The van der Waals surface area contributed by atoms with E-state index in [1.54, 1.807) is 7.05 Å². The van der Waals surface area contributed by atoms with Crippen molar-refractivity contribution in [2.75, 3.05) is 33.3 Å². The first-order chi connectivity index (χ1) is 9.95. The number of amides is 1. The van der Waals surface area contributed by atoms with Crippen molar-refractivity contribution in [1.29, 1.82) is 0 Å². The van der Waals surface area contributed by atoms with Crippen LogP contribution in [-0.4, -0.2) is 60.5 Å². The van der Waals surface area contributed by atoms with Crippen molar-refractivity contribution in [2.45, 2.75) is 19.4 Å². The van der Waals surface area contributed by atoms with Crippen LogP contribution in [0.25, 0.3) is 0 Å². The van der Waals surface area contributed by atoms with Gasteiger partial charge in [0.1, 0.15) is 0 Å². The zero-order chi connectivity index (χ0) is 15.8. The van der Waals surface area contributed by atoms with E-state index in [4.69, 9.17) is 5.11 Å². The number of hydrogen-bond donors (Lipinski definition) is 1. The molecule has 0 bridgehead atoms. The van der Waals surface area contributed by atoms with E-state index in [1.165, 1.54) is 9.80 Å². The molecule has 0 heterocycles. The number of benzene rings is 1. The summed E-state index contributed by atoms with van der Waals surface area (Å²) in [5, 5.41) is 8.88. The maximum atomic E-state index is 12.4. The van der Waals surface area contributed by atoms with Gasteiger partial charge in [-0.3, -0.25) is 9.69 Å². The molecular weight excluding hydrogens is 278 g/mol. The van der Waals surface area contributed by atoms with Crippen LogP contribution in [0.3, 0.4) is 0 Å². The van der Waals surface area contributed by atoms with Gasteiger partial charge in [-0.15, -0.1) is 0 Å². The third kappa shape index (κ3) is 5.77. The topological polar surface area (TPSA) is 43.8 Å². The molecule has 1 aromatic rings. The first-order valence-electron chi connectivity index (χ1n) is 6.87. The van der Waals surface area contributed by atoms with Gasteiger partial charge in [0.2, 0.25) is 5.91 Å². The Kier molecular flexibility index (Phi) is 7.25. The lowest BCUT2D eigenvalue weighted by Crippen LogP contribution is -2.42. The Morgan fingerprint density at radius 1 is 1.29 bits per heavy atom. The fourth-order valence-corrected chi connectivity index (χ4v) is 2.05. The average molecular weight is 300 g/mol. The summed E-state index contributed by atoms with van der Waals surface area (Å²) in [5.41, 5.74) is 0.982. The van der Waals surface area contributed by atoms with E-state index >= 15 is 0 Å². The fourth-order valence-electron chi connectivity index (χ4n) is 2.05. The molecule has 1 aromatic carbocycles. The fraction of sp³-hybridized carbons (Fsp3) is 0.533. The summed E-state index contributed by atoms with van der Waals surface area (Å²) in [6.07, 6.45) is -2.53. The van der Waals surface area contributed by atoms with E-state index in [0.717, 1.165) is 5.56 Å². The highest BCUT2D eigenvalue weighted by atomic mass is 19.3. The van der Waals surface area contributed by atoms with E-state index in [9.17, 15) is 13.6 Å². The molecule has 1 unspecified atom stereocenters. The second-order valence-corrected chi connectivity index (χ2v) is 4.94. The lowest BCUT2D eigenvalue weighted by atomic mass is 10.1. The van der Waals surface area contributed by atoms with Gasteiger partial charge >= 0.3 is 0 Å². The molecule has 0 saturated heterocycles. The largest absolute Gasteiger partial charge is 0.395 e. The minimum Gasteiger partial charge on any atom is -0.395 e. The highest BCUT2D eigenvalue weighted by Gasteiger charge is 2.21. The monoisotopic (exact) mass is 300 g/mol. The van der Waals surface area contributed by atoms with Crippen LogP contribution in [-0.2, 0) is 4.79 Å². The molecule has 118 valence electrons. The number of aliphatic hydroxyl groups is 1. The Morgan fingerprint density at radius 2 is 1.90 bits per heavy atom. The van der Waals surface area contributed by atoms with Crippen molar-refractivity contribution in [3.05, 3.63) is 35.9 Å². The molecule has 1 atom stereocenters. The van der Waals surface area contributed by atoms with Crippen molar-refractivity contribution in [1.82, 2.24) is 9.80 Å². The van der Waals surface area contributed by atoms with E-state index < -0.39 is 13.0 Å². The van der Waals surface area contributed by atoms with Crippen molar-refractivity contribution >= 4 is 5.91 Å². The zero-order valence-electron chi connectivity index (χ0n) is 12.4. The Hall–Kier alpha value is -1.53. The molecule has 21 heavy (non-hydrogen) atoms. The molecule has 1 N–H and O–H groups in total. The van der Waals surface area contributed by atoms with Gasteiger partial charge in [0.05, 0.1) is 25.7 Å². The molecular formula is C15H22F2N2O2. The van der Waals surface area contributed by atoms with E-state index in [-0.39, 0.29) is 31.6 Å². The number of carbonyl (C=O) groups is 1. The third-order valence-corrected chi connectivity index (χ3v) is 3.43. The van der Waals surface area contributed by atoms with E-state index in [1.807, 2.05) is 37.3 Å². The summed E-state index contributed by atoms with van der Waals surface area (Å²) in [7, 11) is 1.65. The number of likely N-dealkylation sites (N-methyl/N-ethyl adjacent to an activating group) is 1. The van der Waals surface area contributed by atoms with Crippen molar-refractivity contribution in [3.8, 4) is 0 Å². The minimum absolute atomic E-state index is 0.0592. The maximum Gasteiger partial charge on any atom is 0.251 e. The number of halogens is 2. The Bertz CT molecular complexity index is 429. The molecule has 0 radical (unpaired) electrons. The van der Waals surface area contributed by atoms with E-state index in [0.29, 0.717) is 0 Å². The SMILES string of the molecule is CC(c1ccccc1)N(C)C(=O)CN(CCO)CC(F)F. The molecule has 0 aliphatic rings. The molecule has 0 aromatic heterocycles. The van der Waals surface area contributed by atoms with Gasteiger partial charge in [-0.2, -0.15) is 0 Å². The molecule has 4 nitrogen and oxygen atoms in total. The van der Waals surface area contributed by atoms with Crippen LogP contribution in [0.15, 0.2) is 30.3 Å². The zero-order valence-corrected chi connectivity index (χ0v) is 12.4. The van der Waals surface area contributed by atoms with Gasteiger partial charge in [-0.1, -0.05) is 30.3 Å². The van der Waals surface area contributed by atoms with Crippen LogP contribution in [0.2, 0.25) is 0 Å². The van der Waals surface area contributed by atoms with Gasteiger partial charge in [0, 0.05) is 13.6 Å². The third-order valence-electron chi connectivity index (χ3n) is 3.43. The summed E-state index contributed by atoms with van der Waals surface area (Å²) in [6, 6.07) is 9.36. The molecule has 1 rings (SSSR count). The normalized spacial score (nSPS) is 12.7. The molecule has 6 heteroatoms. The molecule has 0 spiro atoms. The first-order valence-corrected chi connectivity index (χ1v) is 6.87. The molecule has 0 aliphatic heterocycles. The Balaban J connectivity index is 2.64. The van der Waals surface area contributed by atoms with Crippen LogP contribution < -0.4 is 0 Å². The van der Waals surface area contributed by atoms with Crippen molar-refractivity contribution < 1.29 is 18.7 Å². The van der Waals surface area contributed by atoms with Crippen molar-refractivity contribution in [3.63, 3.8) is 0 Å². The predicted molar refractivity (Wildman–Crippen MR) is 77.2 cm³/mol. The summed E-state index contributed by atoms with van der Waals surface area (Å²) in [5.74, 6) is -0.250. The van der Waals surface area contributed by atoms with Gasteiger partial charge in [-0.05, 0) is 12.5 Å². The number of rotatable bonds is 8. The molecule has 0 fully saturated rings. The highest BCUT2D eigenvalue weighted by Crippen LogP contribution is 2.18. The first kappa shape index (κ1) is 17.5. The van der Waals surface area contributed by atoms with Crippen LogP contribution in [0.5, 0.6) is 0 Å². The smallest absolute Gasteiger partial charge is 0.251 e. The second kappa shape index (κ2) is 8.69. The van der Waals surface area contributed by atoms with E-state index in [2.05, 4.69) is 0 Å². The Morgan fingerprint density at radius 3 is 2.43 bits per heavy atom. The number of carbonyl (C=O) groups excluding carboxylic acids is 1. The quantitative estimate of drug-likeness (QED) is 0.796. The number of nitrogens with zero attached hydrogens (tertiary/aromatic N) is 2. The number of hydrogen-bond acceptors (Lipinski definition) is 3. The highest BCUT2D eigenvalue weighted by molar-refractivity contribution is 5.78. The lowest BCUT2D eigenvalue weighted by molar-refractivity contribution is -0.133. The van der Waals surface area contributed by atoms with Crippen LogP contribution >= 0.6 is 0 Å². The minimum atomic E-state index is -2.53. The standard InChI is InChI=1S/C15H22F2N2O2/c1-12(13-6-4-3-5-7-13)18(2)15(21)11-19(8-9-20)10-14(16)17/h3-7,12,14,20H,8-11H2,1-2H3.